The van der Waals surface area contributed by atoms with Crippen molar-refractivity contribution in [2.45, 2.75) is 78.9 Å². The van der Waals surface area contributed by atoms with Crippen LogP contribution in [0.4, 0.5) is 4.79 Å². The molecule has 1 atom stereocenters. The standard InChI is InChI=1S/C16H34N2O2/c1-7-11-14(12-10-13-18(8-2)9-3)17-15(19)20-16(4,5)6/h14H,7-13H2,1-6H3,(H,17,19). The zero-order chi connectivity index (χ0) is 15.6. The van der Waals surface area contributed by atoms with Gasteiger partial charge in [-0.2, -0.15) is 0 Å². The van der Waals surface area contributed by atoms with E-state index in [0.29, 0.717) is 0 Å². The normalized spacial score (nSPS) is 13.3. The van der Waals surface area contributed by atoms with E-state index in [1.165, 1.54) is 0 Å². The van der Waals surface area contributed by atoms with E-state index in [0.717, 1.165) is 45.3 Å². The molecule has 0 saturated carbocycles. The Morgan fingerprint density at radius 3 is 2.20 bits per heavy atom. The topological polar surface area (TPSA) is 41.6 Å². The van der Waals surface area contributed by atoms with E-state index >= 15 is 0 Å². The molecule has 0 aliphatic carbocycles. The third kappa shape index (κ3) is 10.1. The van der Waals surface area contributed by atoms with E-state index in [1.54, 1.807) is 0 Å². The minimum Gasteiger partial charge on any atom is -0.444 e. The van der Waals surface area contributed by atoms with Crippen LogP contribution in [-0.2, 0) is 4.74 Å². The lowest BCUT2D eigenvalue weighted by Crippen LogP contribution is -2.39. The first-order valence-electron chi connectivity index (χ1n) is 8.04. The summed E-state index contributed by atoms with van der Waals surface area (Å²) in [5.74, 6) is 0. The Balaban J connectivity index is 4.12. The Labute approximate surface area is 125 Å². The van der Waals surface area contributed by atoms with Crippen molar-refractivity contribution in [2.24, 2.45) is 0 Å². The van der Waals surface area contributed by atoms with Crippen LogP contribution in [0.2, 0.25) is 0 Å². The minimum atomic E-state index is -0.429. The molecule has 0 rings (SSSR count). The smallest absolute Gasteiger partial charge is 0.407 e. The van der Waals surface area contributed by atoms with Gasteiger partial charge in [-0.05, 0) is 59.7 Å². The number of amides is 1. The van der Waals surface area contributed by atoms with Crippen LogP contribution < -0.4 is 5.32 Å². The van der Waals surface area contributed by atoms with Gasteiger partial charge in [0, 0.05) is 6.04 Å². The van der Waals surface area contributed by atoms with Gasteiger partial charge < -0.3 is 15.0 Å². The molecule has 1 amide bonds. The third-order valence-corrected chi connectivity index (χ3v) is 3.28. The van der Waals surface area contributed by atoms with E-state index in [2.05, 4.69) is 31.0 Å². The summed E-state index contributed by atoms with van der Waals surface area (Å²) in [6.07, 6.45) is 3.92. The molecule has 0 fully saturated rings. The Bertz CT molecular complexity index is 258. The molecule has 0 radical (unpaired) electrons. The van der Waals surface area contributed by atoms with Crippen molar-refractivity contribution < 1.29 is 9.53 Å². The molecule has 4 heteroatoms. The van der Waals surface area contributed by atoms with Gasteiger partial charge in [-0.25, -0.2) is 4.79 Å². The Morgan fingerprint density at radius 1 is 1.15 bits per heavy atom. The van der Waals surface area contributed by atoms with Crippen LogP contribution in [0.15, 0.2) is 0 Å². The van der Waals surface area contributed by atoms with E-state index < -0.39 is 5.60 Å². The van der Waals surface area contributed by atoms with Crippen molar-refractivity contribution in [3.63, 3.8) is 0 Å². The summed E-state index contributed by atoms with van der Waals surface area (Å²) >= 11 is 0. The zero-order valence-corrected chi connectivity index (χ0v) is 14.3. The third-order valence-electron chi connectivity index (χ3n) is 3.28. The number of carbonyl (C=O) groups is 1. The Kier molecular flexibility index (Phi) is 9.64. The van der Waals surface area contributed by atoms with E-state index in [9.17, 15) is 4.79 Å². The van der Waals surface area contributed by atoms with Crippen LogP contribution in [0.25, 0.3) is 0 Å². The summed E-state index contributed by atoms with van der Waals surface area (Å²) < 4.78 is 5.32. The Morgan fingerprint density at radius 2 is 1.75 bits per heavy atom. The maximum atomic E-state index is 11.8. The fourth-order valence-corrected chi connectivity index (χ4v) is 2.21. The van der Waals surface area contributed by atoms with Crippen molar-refractivity contribution in [2.75, 3.05) is 19.6 Å². The highest BCUT2D eigenvalue weighted by molar-refractivity contribution is 5.68. The first-order chi connectivity index (χ1) is 9.32. The van der Waals surface area contributed by atoms with E-state index in [-0.39, 0.29) is 12.1 Å². The van der Waals surface area contributed by atoms with Crippen molar-refractivity contribution in [1.29, 1.82) is 0 Å². The molecule has 0 aromatic rings. The van der Waals surface area contributed by atoms with Crippen molar-refractivity contribution in [3.05, 3.63) is 0 Å². The summed E-state index contributed by atoms with van der Waals surface area (Å²) in [4.78, 5) is 14.2. The first-order valence-corrected chi connectivity index (χ1v) is 8.04. The minimum absolute atomic E-state index is 0.227. The molecule has 1 unspecified atom stereocenters. The predicted octanol–water partition coefficient (Wildman–Crippen LogP) is 3.80. The number of hydrogen-bond acceptors (Lipinski definition) is 3. The van der Waals surface area contributed by atoms with Gasteiger partial charge in [-0.1, -0.05) is 27.2 Å². The SMILES string of the molecule is CCCC(CCCN(CC)CC)NC(=O)OC(C)(C)C. The lowest BCUT2D eigenvalue weighted by atomic mass is 10.1. The molecule has 120 valence electrons. The number of nitrogens with one attached hydrogen (secondary N) is 1. The molecular formula is C16H34N2O2. The van der Waals surface area contributed by atoms with Crippen molar-refractivity contribution >= 4 is 6.09 Å². The zero-order valence-electron chi connectivity index (χ0n) is 14.3. The van der Waals surface area contributed by atoms with E-state index in [4.69, 9.17) is 4.74 Å². The Hall–Kier alpha value is -0.770. The van der Waals surface area contributed by atoms with Gasteiger partial charge in [0.1, 0.15) is 5.60 Å². The second kappa shape index (κ2) is 10.0. The van der Waals surface area contributed by atoms with Gasteiger partial charge in [-0.15, -0.1) is 0 Å². The highest BCUT2D eigenvalue weighted by Gasteiger charge is 2.19. The van der Waals surface area contributed by atoms with Crippen LogP contribution in [0.3, 0.4) is 0 Å². The number of nitrogens with zero attached hydrogens (tertiary/aromatic N) is 1. The van der Waals surface area contributed by atoms with Gasteiger partial charge >= 0.3 is 6.09 Å². The van der Waals surface area contributed by atoms with Crippen LogP contribution in [0.5, 0.6) is 0 Å². The molecule has 0 aromatic carbocycles. The van der Waals surface area contributed by atoms with Crippen LogP contribution in [-0.4, -0.2) is 42.3 Å². The summed E-state index contributed by atoms with van der Waals surface area (Å²) in [6, 6.07) is 0.227. The number of rotatable bonds is 9. The number of ether oxygens (including phenoxy) is 1. The molecule has 0 aromatic heterocycles. The van der Waals surface area contributed by atoms with Gasteiger partial charge in [0.25, 0.3) is 0 Å². The summed E-state index contributed by atoms with van der Waals surface area (Å²) in [7, 11) is 0. The van der Waals surface area contributed by atoms with E-state index in [1.807, 2.05) is 20.8 Å². The summed E-state index contributed by atoms with van der Waals surface area (Å²) in [6.45, 7) is 15.5. The monoisotopic (exact) mass is 286 g/mol. The second-order valence-corrected chi connectivity index (χ2v) is 6.30. The summed E-state index contributed by atoms with van der Waals surface area (Å²) in [5, 5.41) is 3.00. The first kappa shape index (κ1) is 19.2. The molecule has 4 nitrogen and oxygen atoms in total. The molecule has 20 heavy (non-hydrogen) atoms. The lowest BCUT2D eigenvalue weighted by molar-refractivity contribution is 0.0497. The number of alkyl carbamates (subject to hydrolysis) is 1. The molecule has 0 bridgehead atoms. The van der Waals surface area contributed by atoms with Crippen molar-refractivity contribution in [1.82, 2.24) is 10.2 Å². The number of carbonyl (C=O) groups excluding carboxylic acids is 1. The van der Waals surface area contributed by atoms with Gasteiger partial charge in [-0.3, -0.25) is 0 Å². The van der Waals surface area contributed by atoms with Crippen LogP contribution >= 0.6 is 0 Å². The molecule has 0 saturated heterocycles. The van der Waals surface area contributed by atoms with Crippen LogP contribution in [0, 0.1) is 0 Å². The molecule has 0 heterocycles. The highest BCUT2D eigenvalue weighted by Crippen LogP contribution is 2.10. The maximum absolute atomic E-state index is 11.8. The average molecular weight is 286 g/mol. The fraction of sp³-hybridized carbons (Fsp3) is 0.938. The molecule has 0 spiro atoms. The molecular weight excluding hydrogens is 252 g/mol. The largest absolute Gasteiger partial charge is 0.444 e. The second-order valence-electron chi connectivity index (χ2n) is 6.30. The summed E-state index contributed by atoms with van der Waals surface area (Å²) in [5.41, 5.74) is -0.429. The van der Waals surface area contributed by atoms with Gasteiger partial charge in [0.05, 0.1) is 0 Å². The number of hydrogen-bond donors (Lipinski definition) is 1. The predicted molar refractivity (Wildman–Crippen MR) is 85.1 cm³/mol. The quantitative estimate of drug-likeness (QED) is 0.701. The van der Waals surface area contributed by atoms with Crippen LogP contribution in [0.1, 0.15) is 67.2 Å². The maximum Gasteiger partial charge on any atom is 0.407 e. The average Bonchev–Trinajstić information content (AvgIpc) is 2.32. The lowest BCUT2D eigenvalue weighted by Gasteiger charge is -2.24. The fourth-order valence-electron chi connectivity index (χ4n) is 2.21. The van der Waals surface area contributed by atoms with Crippen molar-refractivity contribution in [3.8, 4) is 0 Å². The van der Waals surface area contributed by atoms with Gasteiger partial charge in [0.2, 0.25) is 0 Å². The molecule has 0 aliphatic heterocycles. The highest BCUT2D eigenvalue weighted by atomic mass is 16.6. The van der Waals surface area contributed by atoms with Gasteiger partial charge in [0.15, 0.2) is 0 Å². The molecule has 0 aliphatic rings. The molecule has 1 N–H and O–H groups in total.